The number of likely N-dealkylation sites (N-methyl/N-ethyl adjacent to an activating group) is 1. The second-order valence-electron chi connectivity index (χ2n) is 6.53. The van der Waals surface area contributed by atoms with Crippen LogP contribution in [0.15, 0.2) is 43.1 Å². The fourth-order valence-corrected chi connectivity index (χ4v) is 3.64. The highest BCUT2D eigenvalue weighted by Crippen LogP contribution is 2.34. The van der Waals surface area contributed by atoms with E-state index in [1.54, 1.807) is 38.8 Å². The summed E-state index contributed by atoms with van der Waals surface area (Å²) in [7, 11) is 3.20. The zero-order valence-electron chi connectivity index (χ0n) is 15.2. The van der Waals surface area contributed by atoms with Crippen molar-refractivity contribution in [1.82, 2.24) is 24.8 Å². The molecular weight excluding hydrogens is 376 g/mol. The van der Waals surface area contributed by atoms with Crippen molar-refractivity contribution in [3.8, 4) is 21.6 Å². The normalized spacial score (nSPS) is 12.2. The van der Waals surface area contributed by atoms with Gasteiger partial charge in [-0.15, -0.1) is 0 Å². The lowest BCUT2D eigenvalue weighted by Gasteiger charge is -2.16. The highest BCUT2D eigenvalue weighted by molar-refractivity contribution is 7.18. The number of nitrogen functional groups attached to an aromatic ring is 1. The first kappa shape index (κ1) is 18.1. The van der Waals surface area contributed by atoms with Gasteiger partial charge in [0.25, 0.3) is 5.91 Å². The second-order valence-corrected chi connectivity index (χ2v) is 7.59. The van der Waals surface area contributed by atoms with Gasteiger partial charge in [-0.2, -0.15) is 0 Å². The van der Waals surface area contributed by atoms with Gasteiger partial charge in [-0.05, 0) is 12.1 Å². The highest BCUT2D eigenvalue weighted by atomic mass is 32.1. The van der Waals surface area contributed by atoms with Crippen molar-refractivity contribution in [3.05, 3.63) is 48.7 Å². The molecule has 4 N–H and O–H groups in total. The molecule has 0 aliphatic carbocycles. The number of amides is 1. The molecule has 1 amide bonds. The van der Waals surface area contributed by atoms with Gasteiger partial charge < -0.3 is 20.7 Å². The number of carbonyl (C=O) groups excluding carboxylic acids is 1. The van der Waals surface area contributed by atoms with Crippen LogP contribution in [0.25, 0.3) is 32.6 Å². The standard InChI is InChI=1S/C19H18N6O2S/c1-25(2)18(27)16(26)12-3-10(5-21-6-12)11-4-13-14(8-23-17(13)22-7-11)15-9-24-19(20)28-15/h3-9,16,26H,1-2H3,(H2,20,24)(H,22,23). The van der Waals surface area contributed by atoms with Crippen molar-refractivity contribution in [3.63, 3.8) is 0 Å². The molecule has 8 nitrogen and oxygen atoms in total. The quantitative estimate of drug-likeness (QED) is 0.489. The van der Waals surface area contributed by atoms with Gasteiger partial charge in [0.15, 0.2) is 11.2 Å². The number of nitrogens with two attached hydrogens (primary N) is 1. The molecule has 4 rings (SSSR count). The first-order valence-corrected chi connectivity index (χ1v) is 9.29. The summed E-state index contributed by atoms with van der Waals surface area (Å²) in [6.07, 6.45) is 7.25. The number of hydrogen-bond donors (Lipinski definition) is 3. The molecule has 4 aromatic rings. The van der Waals surface area contributed by atoms with Crippen LogP contribution in [-0.2, 0) is 4.79 Å². The van der Waals surface area contributed by atoms with Crippen LogP contribution in [0.5, 0.6) is 0 Å². The molecule has 1 unspecified atom stereocenters. The van der Waals surface area contributed by atoms with Crippen LogP contribution >= 0.6 is 11.3 Å². The van der Waals surface area contributed by atoms with E-state index in [0.717, 1.165) is 32.6 Å². The molecule has 4 aromatic heterocycles. The van der Waals surface area contributed by atoms with E-state index in [2.05, 4.69) is 19.9 Å². The average molecular weight is 394 g/mol. The molecule has 0 saturated carbocycles. The van der Waals surface area contributed by atoms with E-state index in [9.17, 15) is 9.90 Å². The summed E-state index contributed by atoms with van der Waals surface area (Å²) in [6.45, 7) is 0. The highest BCUT2D eigenvalue weighted by Gasteiger charge is 2.20. The summed E-state index contributed by atoms with van der Waals surface area (Å²) in [5.74, 6) is -0.400. The Labute approximate surface area is 164 Å². The van der Waals surface area contributed by atoms with E-state index < -0.39 is 12.0 Å². The number of rotatable bonds is 4. The molecular formula is C19H18N6O2S. The number of aliphatic hydroxyl groups is 1. The van der Waals surface area contributed by atoms with Gasteiger partial charge in [0.1, 0.15) is 5.65 Å². The number of hydrogen-bond acceptors (Lipinski definition) is 7. The van der Waals surface area contributed by atoms with Gasteiger partial charge in [-0.3, -0.25) is 9.78 Å². The molecule has 1 atom stereocenters. The van der Waals surface area contributed by atoms with Crippen LogP contribution in [0.1, 0.15) is 11.7 Å². The molecule has 0 spiro atoms. The maximum Gasteiger partial charge on any atom is 0.255 e. The number of nitrogens with zero attached hydrogens (tertiary/aromatic N) is 4. The van der Waals surface area contributed by atoms with Crippen molar-refractivity contribution in [2.75, 3.05) is 19.8 Å². The Morgan fingerprint density at radius 3 is 2.68 bits per heavy atom. The number of H-pyrrole nitrogens is 1. The molecule has 0 aliphatic rings. The van der Waals surface area contributed by atoms with Gasteiger partial charge >= 0.3 is 0 Å². The first-order chi connectivity index (χ1) is 13.4. The van der Waals surface area contributed by atoms with Crippen LogP contribution in [0.4, 0.5) is 5.13 Å². The summed E-state index contributed by atoms with van der Waals surface area (Å²) in [5.41, 5.74) is 9.48. The number of anilines is 1. The minimum Gasteiger partial charge on any atom is -0.378 e. The fourth-order valence-electron chi connectivity index (χ4n) is 2.93. The summed E-state index contributed by atoms with van der Waals surface area (Å²) in [6, 6.07) is 3.74. The monoisotopic (exact) mass is 394 g/mol. The number of thiazole rings is 1. The van der Waals surface area contributed by atoms with Crippen molar-refractivity contribution in [2.24, 2.45) is 0 Å². The molecule has 0 aliphatic heterocycles. The Kier molecular flexibility index (Phi) is 4.54. The molecule has 0 bridgehead atoms. The topological polar surface area (TPSA) is 121 Å². The molecule has 9 heteroatoms. The summed E-state index contributed by atoms with van der Waals surface area (Å²) in [5, 5.41) is 11.7. The molecule has 0 aromatic carbocycles. The Bertz CT molecular complexity index is 1170. The van der Waals surface area contributed by atoms with E-state index in [4.69, 9.17) is 5.73 Å². The van der Waals surface area contributed by atoms with Crippen molar-refractivity contribution in [1.29, 1.82) is 0 Å². The van der Waals surface area contributed by atoms with Crippen LogP contribution in [0.3, 0.4) is 0 Å². The lowest BCUT2D eigenvalue weighted by molar-refractivity contribution is -0.137. The Morgan fingerprint density at radius 2 is 1.96 bits per heavy atom. The third-order valence-corrected chi connectivity index (χ3v) is 5.26. The number of nitrogens with one attached hydrogen (secondary N) is 1. The Balaban J connectivity index is 1.75. The van der Waals surface area contributed by atoms with Gasteiger partial charge in [0.05, 0.1) is 4.88 Å². The third-order valence-electron chi connectivity index (χ3n) is 4.40. The van der Waals surface area contributed by atoms with E-state index in [-0.39, 0.29) is 0 Å². The van der Waals surface area contributed by atoms with E-state index in [1.165, 1.54) is 22.4 Å². The Hall–Kier alpha value is -3.30. The minimum atomic E-state index is -1.26. The predicted octanol–water partition coefficient (Wildman–Crippen LogP) is 2.45. The maximum atomic E-state index is 12.1. The number of pyridine rings is 2. The molecule has 28 heavy (non-hydrogen) atoms. The maximum absolute atomic E-state index is 12.1. The number of aromatic amines is 1. The summed E-state index contributed by atoms with van der Waals surface area (Å²) >= 11 is 1.41. The lowest BCUT2D eigenvalue weighted by Crippen LogP contribution is -2.28. The molecule has 0 saturated heterocycles. The Morgan fingerprint density at radius 1 is 1.18 bits per heavy atom. The van der Waals surface area contributed by atoms with Gasteiger partial charge in [-0.1, -0.05) is 11.3 Å². The number of carbonyl (C=O) groups is 1. The van der Waals surface area contributed by atoms with E-state index in [0.29, 0.717) is 10.7 Å². The van der Waals surface area contributed by atoms with Crippen molar-refractivity contribution < 1.29 is 9.90 Å². The number of aliphatic hydroxyl groups excluding tert-OH is 1. The van der Waals surface area contributed by atoms with Crippen LogP contribution < -0.4 is 5.73 Å². The average Bonchev–Trinajstić information content (AvgIpc) is 3.32. The molecule has 4 heterocycles. The van der Waals surface area contributed by atoms with Crippen molar-refractivity contribution in [2.45, 2.75) is 6.10 Å². The molecule has 142 valence electrons. The van der Waals surface area contributed by atoms with Gasteiger partial charge in [0.2, 0.25) is 0 Å². The third kappa shape index (κ3) is 3.21. The zero-order valence-corrected chi connectivity index (χ0v) is 16.1. The van der Waals surface area contributed by atoms with Crippen LogP contribution in [0, 0.1) is 0 Å². The smallest absolute Gasteiger partial charge is 0.255 e. The fraction of sp³-hybridized carbons (Fsp3) is 0.158. The SMILES string of the molecule is CN(C)C(=O)C(O)c1cncc(-c2cnc3[nH]cc(-c4cnc(N)s4)c3c2)c1. The summed E-state index contributed by atoms with van der Waals surface area (Å²) in [4.78, 5) is 30.3. The summed E-state index contributed by atoms with van der Waals surface area (Å²) < 4.78 is 0. The zero-order chi connectivity index (χ0) is 19.8. The van der Waals surface area contributed by atoms with E-state index in [1.807, 2.05) is 12.3 Å². The van der Waals surface area contributed by atoms with Gasteiger partial charge in [-0.25, -0.2) is 9.97 Å². The van der Waals surface area contributed by atoms with Crippen molar-refractivity contribution >= 4 is 33.4 Å². The van der Waals surface area contributed by atoms with Gasteiger partial charge in [0, 0.05) is 72.7 Å². The van der Waals surface area contributed by atoms with Crippen LogP contribution in [-0.4, -0.2) is 49.9 Å². The predicted molar refractivity (Wildman–Crippen MR) is 108 cm³/mol. The van der Waals surface area contributed by atoms with E-state index >= 15 is 0 Å². The number of aromatic nitrogens is 4. The second kappa shape index (κ2) is 7.02. The first-order valence-electron chi connectivity index (χ1n) is 8.47. The largest absolute Gasteiger partial charge is 0.378 e. The molecule has 0 fully saturated rings. The number of fused-ring (bicyclic) bond motifs is 1. The minimum absolute atomic E-state index is 0.400. The lowest BCUT2D eigenvalue weighted by atomic mass is 10.0. The van der Waals surface area contributed by atoms with Crippen LogP contribution in [0.2, 0.25) is 0 Å². The molecule has 0 radical (unpaired) electrons.